The van der Waals surface area contributed by atoms with Crippen LogP contribution in [0.4, 0.5) is 17.3 Å². The van der Waals surface area contributed by atoms with Crippen LogP contribution in [0.15, 0.2) is 42.7 Å². The highest BCUT2D eigenvalue weighted by atomic mass is 15.2. The molecule has 19 heavy (non-hydrogen) atoms. The van der Waals surface area contributed by atoms with E-state index >= 15 is 0 Å². The average Bonchev–Trinajstić information content (AvgIpc) is 2.48. The molecule has 5 heteroatoms. The summed E-state index contributed by atoms with van der Waals surface area (Å²) in [4.78, 5) is 10.5. The monoisotopic (exact) mass is 257 g/mol. The first kappa shape index (κ1) is 13.3. The molecule has 2 rings (SSSR count). The van der Waals surface area contributed by atoms with Gasteiger partial charge in [0.05, 0.1) is 0 Å². The van der Waals surface area contributed by atoms with Gasteiger partial charge in [-0.3, -0.25) is 0 Å². The summed E-state index contributed by atoms with van der Waals surface area (Å²) >= 11 is 0. The molecule has 0 aliphatic heterocycles. The molecule has 0 saturated carbocycles. The van der Waals surface area contributed by atoms with Gasteiger partial charge in [-0.15, -0.1) is 0 Å². The number of benzene rings is 1. The van der Waals surface area contributed by atoms with Crippen molar-refractivity contribution in [1.82, 2.24) is 9.97 Å². The van der Waals surface area contributed by atoms with E-state index in [4.69, 9.17) is 5.73 Å². The fourth-order valence-electron chi connectivity index (χ4n) is 1.73. The topological polar surface area (TPSA) is 67.1 Å². The van der Waals surface area contributed by atoms with Crippen molar-refractivity contribution < 1.29 is 0 Å². The van der Waals surface area contributed by atoms with Crippen molar-refractivity contribution in [2.24, 2.45) is 5.73 Å². The molecular weight excluding hydrogens is 238 g/mol. The van der Waals surface area contributed by atoms with E-state index in [9.17, 15) is 0 Å². The first-order valence-electron chi connectivity index (χ1n) is 6.36. The number of hydrogen-bond donors (Lipinski definition) is 2. The lowest BCUT2D eigenvalue weighted by atomic mass is 10.3. The van der Waals surface area contributed by atoms with Crippen molar-refractivity contribution in [3.05, 3.63) is 42.7 Å². The van der Waals surface area contributed by atoms with Crippen LogP contribution in [0.5, 0.6) is 0 Å². The maximum Gasteiger partial charge on any atom is 0.138 e. The van der Waals surface area contributed by atoms with Gasteiger partial charge in [-0.05, 0) is 25.1 Å². The molecule has 1 aromatic carbocycles. The van der Waals surface area contributed by atoms with Gasteiger partial charge in [0.2, 0.25) is 0 Å². The fourth-order valence-corrected chi connectivity index (χ4v) is 1.73. The van der Waals surface area contributed by atoms with E-state index in [0.717, 1.165) is 30.3 Å². The molecule has 0 aliphatic rings. The van der Waals surface area contributed by atoms with Gasteiger partial charge in [0.25, 0.3) is 0 Å². The molecule has 0 radical (unpaired) electrons. The Labute approximate surface area is 113 Å². The first-order chi connectivity index (χ1) is 9.31. The summed E-state index contributed by atoms with van der Waals surface area (Å²) in [5.74, 6) is 1.68. The predicted molar refractivity (Wildman–Crippen MR) is 78.7 cm³/mol. The molecule has 0 fully saturated rings. The molecule has 1 heterocycles. The Morgan fingerprint density at radius 2 is 2.00 bits per heavy atom. The Morgan fingerprint density at radius 1 is 1.21 bits per heavy atom. The number of aromatic nitrogens is 2. The zero-order chi connectivity index (χ0) is 13.5. The van der Waals surface area contributed by atoms with E-state index in [1.54, 1.807) is 6.33 Å². The van der Waals surface area contributed by atoms with Crippen molar-refractivity contribution in [1.29, 1.82) is 0 Å². The third kappa shape index (κ3) is 3.66. The molecule has 0 aliphatic carbocycles. The zero-order valence-corrected chi connectivity index (χ0v) is 11.1. The number of hydrogen-bond acceptors (Lipinski definition) is 5. The number of nitrogens with zero attached hydrogens (tertiary/aromatic N) is 3. The number of anilines is 3. The lowest BCUT2D eigenvalue weighted by molar-refractivity contribution is 0.868. The lowest BCUT2D eigenvalue weighted by Crippen LogP contribution is -2.13. The van der Waals surface area contributed by atoms with Crippen molar-refractivity contribution in [2.75, 3.05) is 30.4 Å². The number of rotatable bonds is 6. The summed E-state index contributed by atoms with van der Waals surface area (Å²) in [6.07, 6.45) is 2.49. The van der Waals surface area contributed by atoms with Crippen molar-refractivity contribution in [3.8, 4) is 0 Å². The maximum absolute atomic E-state index is 5.47. The summed E-state index contributed by atoms with van der Waals surface area (Å²) in [7, 11) is 1.99. The molecule has 5 nitrogen and oxygen atoms in total. The largest absolute Gasteiger partial charge is 0.370 e. The first-order valence-corrected chi connectivity index (χ1v) is 6.36. The summed E-state index contributed by atoms with van der Waals surface area (Å²) < 4.78 is 0. The minimum Gasteiger partial charge on any atom is -0.370 e. The Balaban J connectivity index is 2.10. The molecule has 100 valence electrons. The molecule has 0 unspecified atom stereocenters. The minimum atomic E-state index is 0.675. The van der Waals surface area contributed by atoms with Crippen LogP contribution in [0.25, 0.3) is 0 Å². The molecule has 3 N–H and O–H groups in total. The van der Waals surface area contributed by atoms with E-state index in [2.05, 4.69) is 15.3 Å². The van der Waals surface area contributed by atoms with E-state index in [0.29, 0.717) is 6.54 Å². The summed E-state index contributed by atoms with van der Waals surface area (Å²) in [5.41, 5.74) is 6.56. The third-order valence-electron chi connectivity index (χ3n) is 2.83. The van der Waals surface area contributed by atoms with Gasteiger partial charge in [0, 0.05) is 25.3 Å². The second-order valence-corrected chi connectivity index (χ2v) is 4.23. The minimum absolute atomic E-state index is 0.675. The molecule has 0 amide bonds. The molecule has 0 spiro atoms. The second kappa shape index (κ2) is 6.70. The van der Waals surface area contributed by atoms with E-state index in [1.807, 2.05) is 48.3 Å². The van der Waals surface area contributed by atoms with Gasteiger partial charge in [0.15, 0.2) is 0 Å². The SMILES string of the molecule is CN(c1ccccc1)c1cc(NCCCN)ncn1. The van der Waals surface area contributed by atoms with Crippen LogP contribution in [0.1, 0.15) is 6.42 Å². The highest BCUT2D eigenvalue weighted by Gasteiger charge is 2.05. The normalized spacial score (nSPS) is 10.2. The van der Waals surface area contributed by atoms with Crippen LogP contribution < -0.4 is 16.0 Å². The van der Waals surface area contributed by atoms with Crippen LogP contribution in [-0.4, -0.2) is 30.1 Å². The van der Waals surface area contributed by atoms with Crippen LogP contribution in [0, 0.1) is 0 Å². The van der Waals surface area contributed by atoms with Gasteiger partial charge in [-0.25, -0.2) is 9.97 Å². The van der Waals surface area contributed by atoms with E-state index < -0.39 is 0 Å². The van der Waals surface area contributed by atoms with Crippen molar-refractivity contribution in [3.63, 3.8) is 0 Å². The van der Waals surface area contributed by atoms with Gasteiger partial charge in [-0.2, -0.15) is 0 Å². The van der Waals surface area contributed by atoms with E-state index in [-0.39, 0.29) is 0 Å². The summed E-state index contributed by atoms with van der Waals surface area (Å²) in [5, 5.41) is 3.23. The maximum atomic E-state index is 5.47. The standard InChI is InChI=1S/C14H19N5/c1-19(12-6-3-2-4-7-12)14-10-13(17-11-18-14)16-9-5-8-15/h2-4,6-7,10-11H,5,8-9,15H2,1H3,(H,16,17,18). The Bertz CT molecular complexity index is 500. The Morgan fingerprint density at radius 3 is 2.74 bits per heavy atom. The highest BCUT2D eigenvalue weighted by Crippen LogP contribution is 2.21. The van der Waals surface area contributed by atoms with Crippen molar-refractivity contribution >= 4 is 17.3 Å². The molecular formula is C14H19N5. The van der Waals surface area contributed by atoms with E-state index in [1.165, 1.54) is 0 Å². The number of nitrogens with two attached hydrogens (primary N) is 1. The number of nitrogens with one attached hydrogen (secondary N) is 1. The quantitative estimate of drug-likeness (QED) is 0.775. The Hall–Kier alpha value is -2.14. The third-order valence-corrected chi connectivity index (χ3v) is 2.83. The fraction of sp³-hybridized carbons (Fsp3) is 0.286. The predicted octanol–water partition coefficient (Wildman–Crippen LogP) is 2.01. The average molecular weight is 257 g/mol. The van der Waals surface area contributed by atoms with Gasteiger partial charge in [-0.1, -0.05) is 18.2 Å². The Kier molecular flexibility index (Phi) is 4.69. The molecule has 0 atom stereocenters. The van der Waals surface area contributed by atoms with Crippen LogP contribution in [-0.2, 0) is 0 Å². The summed E-state index contributed by atoms with van der Waals surface area (Å²) in [6.45, 7) is 1.50. The second-order valence-electron chi connectivity index (χ2n) is 4.23. The van der Waals surface area contributed by atoms with Crippen LogP contribution >= 0.6 is 0 Å². The van der Waals surface area contributed by atoms with Crippen molar-refractivity contribution in [2.45, 2.75) is 6.42 Å². The molecule has 2 aromatic rings. The van der Waals surface area contributed by atoms with Gasteiger partial charge >= 0.3 is 0 Å². The molecule has 1 aromatic heterocycles. The highest BCUT2D eigenvalue weighted by molar-refractivity contribution is 5.61. The van der Waals surface area contributed by atoms with Crippen LogP contribution in [0.2, 0.25) is 0 Å². The summed E-state index contributed by atoms with van der Waals surface area (Å²) in [6, 6.07) is 12.0. The van der Waals surface area contributed by atoms with Crippen LogP contribution in [0.3, 0.4) is 0 Å². The number of para-hydroxylation sites is 1. The molecule has 0 bridgehead atoms. The molecule has 0 saturated heterocycles. The zero-order valence-electron chi connectivity index (χ0n) is 11.1. The van der Waals surface area contributed by atoms with Gasteiger partial charge in [0.1, 0.15) is 18.0 Å². The smallest absolute Gasteiger partial charge is 0.138 e. The lowest BCUT2D eigenvalue weighted by Gasteiger charge is -2.18. The van der Waals surface area contributed by atoms with Gasteiger partial charge < -0.3 is 16.0 Å².